The Morgan fingerprint density at radius 2 is 2.00 bits per heavy atom. The van der Waals surface area contributed by atoms with Gasteiger partial charge in [-0.3, -0.25) is 4.79 Å². The molecule has 1 fully saturated rings. The number of carbonyl (C=O) groups is 1. The molecule has 0 spiro atoms. The maximum atomic E-state index is 11.9. The van der Waals surface area contributed by atoms with Crippen molar-refractivity contribution in [2.24, 2.45) is 5.92 Å². The van der Waals surface area contributed by atoms with E-state index in [9.17, 15) is 4.79 Å². The van der Waals surface area contributed by atoms with Gasteiger partial charge in [0.05, 0.1) is 12.6 Å². The molecule has 0 heterocycles. The molecule has 98 valence electrons. The van der Waals surface area contributed by atoms with E-state index in [0.29, 0.717) is 6.54 Å². The van der Waals surface area contributed by atoms with E-state index >= 15 is 0 Å². The summed E-state index contributed by atoms with van der Waals surface area (Å²) in [6.45, 7) is 5.38. The van der Waals surface area contributed by atoms with Gasteiger partial charge < -0.3 is 10.1 Å². The first kappa shape index (κ1) is 13.1. The first-order valence-electron chi connectivity index (χ1n) is 6.66. The predicted molar refractivity (Wildman–Crippen MR) is 72.1 cm³/mol. The van der Waals surface area contributed by atoms with Crippen molar-refractivity contribution in [1.82, 2.24) is 5.32 Å². The van der Waals surface area contributed by atoms with Crippen molar-refractivity contribution in [2.45, 2.75) is 32.8 Å². The Labute approximate surface area is 109 Å². The topological polar surface area (TPSA) is 38.3 Å². The lowest BCUT2D eigenvalue weighted by atomic mass is 10.1. The smallest absolute Gasteiger partial charge is 0.176 e. The summed E-state index contributed by atoms with van der Waals surface area (Å²) in [5.41, 5.74) is 0.745. The maximum absolute atomic E-state index is 11.9. The molecule has 1 aliphatic rings. The summed E-state index contributed by atoms with van der Waals surface area (Å²) in [7, 11) is 0. The second-order valence-corrected chi connectivity index (χ2v) is 5.19. The van der Waals surface area contributed by atoms with Gasteiger partial charge in [0.1, 0.15) is 5.75 Å². The summed E-state index contributed by atoms with van der Waals surface area (Å²) in [6.07, 6.45) is 2.77. The molecule has 1 aromatic carbocycles. The number of nitrogens with one attached hydrogen (secondary N) is 1. The van der Waals surface area contributed by atoms with Crippen LogP contribution in [0.15, 0.2) is 24.3 Å². The summed E-state index contributed by atoms with van der Waals surface area (Å²) in [5.74, 6) is 1.76. The summed E-state index contributed by atoms with van der Waals surface area (Å²) >= 11 is 0. The average molecular weight is 247 g/mol. The molecule has 0 aliphatic heterocycles. The molecular formula is C15H21NO2. The molecule has 0 radical (unpaired) electrons. The van der Waals surface area contributed by atoms with Gasteiger partial charge in [-0.25, -0.2) is 0 Å². The zero-order valence-electron chi connectivity index (χ0n) is 11.1. The third-order valence-electron chi connectivity index (χ3n) is 2.96. The van der Waals surface area contributed by atoms with Crippen LogP contribution in [-0.4, -0.2) is 25.0 Å². The SMILES string of the molecule is CC(C)Oc1ccc(C(=O)CNCC2CC2)cc1. The Balaban J connectivity index is 1.81. The number of benzene rings is 1. The second-order valence-electron chi connectivity index (χ2n) is 5.19. The van der Waals surface area contributed by atoms with Gasteiger partial charge in [0, 0.05) is 5.56 Å². The molecule has 0 unspecified atom stereocenters. The van der Waals surface area contributed by atoms with E-state index < -0.39 is 0 Å². The molecular weight excluding hydrogens is 226 g/mol. The minimum atomic E-state index is 0.145. The molecule has 18 heavy (non-hydrogen) atoms. The van der Waals surface area contributed by atoms with Crippen molar-refractivity contribution >= 4 is 5.78 Å². The number of rotatable bonds is 7. The van der Waals surface area contributed by atoms with Crippen LogP contribution in [-0.2, 0) is 0 Å². The highest BCUT2D eigenvalue weighted by molar-refractivity contribution is 5.97. The lowest BCUT2D eigenvalue weighted by Gasteiger charge is -2.10. The van der Waals surface area contributed by atoms with E-state index in [2.05, 4.69) is 5.32 Å². The molecule has 1 aliphatic carbocycles. The van der Waals surface area contributed by atoms with E-state index in [1.54, 1.807) is 0 Å². The Morgan fingerprint density at radius 1 is 1.33 bits per heavy atom. The minimum absolute atomic E-state index is 0.145. The van der Waals surface area contributed by atoms with Gasteiger partial charge in [0.25, 0.3) is 0 Å². The number of Topliss-reactive ketones (excluding diaryl/α,β-unsaturated/α-hetero) is 1. The standard InChI is InChI=1S/C15H21NO2/c1-11(2)18-14-7-5-13(6-8-14)15(17)10-16-9-12-3-4-12/h5-8,11-12,16H,3-4,9-10H2,1-2H3. The van der Waals surface area contributed by atoms with E-state index in [1.165, 1.54) is 12.8 Å². The van der Waals surface area contributed by atoms with E-state index in [-0.39, 0.29) is 11.9 Å². The highest BCUT2D eigenvalue weighted by Gasteiger charge is 2.20. The van der Waals surface area contributed by atoms with Crippen LogP contribution in [0.5, 0.6) is 5.75 Å². The largest absolute Gasteiger partial charge is 0.491 e. The van der Waals surface area contributed by atoms with Crippen LogP contribution >= 0.6 is 0 Å². The van der Waals surface area contributed by atoms with Crippen molar-refractivity contribution in [3.63, 3.8) is 0 Å². The summed E-state index contributed by atoms with van der Waals surface area (Å²) in [5, 5.41) is 3.21. The molecule has 0 amide bonds. The fourth-order valence-electron chi connectivity index (χ4n) is 1.81. The molecule has 3 heteroatoms. The zero-order valence-corrected chi connectivity index (χ0v) is 11.1. The quantitative estimate of drug-likeness (QED) is 0.753. The third-order valence-corrected chi connectivity index (χ3v) is 2.96. The van der Waals surface area contributed by atoms with Crippen LogP contribution in [0.4, 0.5) is 0 Å². The van der Waals surface area contributed by atoms with Gasteiger partial charge in [-0.1, -0.05) is 0 Å². The average Bonchev–Trinajstić information content (AvgIpc) is 3.13. The molecule has 1 saturated carbocycles. The van der Waals surface area contributed by atoms with Gasteiger partial charge in [0.15, 0.2) is 5.78 Å². The monoisotopic (exact) mass is 247 g/mol. The Morgan fingerprint density at radius 3 is 2.56 bits per heavy atom. The minimum Gasteiger partial charge on any atom is -0.491 e. The maximum Gasteiger partial charge on any atom is 0.176 e. The molecule has 2 rings (SSSR count). The molecule has 1 aromatic rings. The Bertz CT molecular complexity index is 393. The normalized spacial score (nSPS) is 14.8. The number of ether oxygens (including phenoxy) is 1. The van der Waals surface area contributed by atoms with Gasteiger partial charge in [0.2, 0.25) is 0 Å². The first-order chi connectivity index (χ1) is 8.65. The predicted octanol–water partition coefficient (Wildman–Crippen LogP) is 2.66. The lowest BCUT2D eigenvalue weighted by Crippen LogP contribution is -2.24. The zero-order chi connectivity index (χ0) is 13.0. The van der Waals surface area contributed by atoms with Gasteiger partial charge >= 0.3 is 0 Å². The van der Waals surface area contributed by atoms with Gasteiger partial charge in [-0.2, -0.15) is 0 Å². The van der Waals surface area contributed by atoms with E-state index in [1.807, 2.05) is 38.1 Å². The highest BCUT2D eigenvalue weighted by atomic mass is 16.5. The van der Waals surface area contributed by atoms with Crippen LogP contribution in [0, 0.1) is 5.92 Å². The van der Waals surface area contributed by atoms with Crippen molar-refractivity contribution in [3.8, 4) is 5.75 Å². The van der Waals surface area contributed by atoms with Crippen molar-refractivity contribution < 1.29 is 9.53 Å². The third kappa shape index (κ3) is 4.15. The molecule has 0 aromatic heterocycles. The number of hydrogen-bond acceptors (Lipinski definition) is 3. The molecule has 0 atom stereocenters. The summed E-state index contributed by atoms with van der Waals surface area (Å²) in [6, 6.07) is 7.37. The highest BCUT2D eigenvalue weighted by Crippen LogP contribution is 2.27. The van der Waals surface area contributed by atoms with Crippen LogP contribution < -0.4 is 10.1 Å². The number of ketones is 1. The summed E-state index contributed by atoms with van der Waals surface area (Å²) < 4.78 is 5.54. The van der Waals surface area contributed by atoms with Crippen LogP contribution in [0.25, 0.3) is 0 Å². The molecule has 0 bridgehead atoms. The first-order valence-corrected chi connectivity index (χ1v) is 6.66. The molecule has 3 nitrogen and oxygen atoms in total. The Kier molecular flexibility index (Phi) is 4.37. The van der Waals surface area contributed by atoms with Crippen LogP contribution in [0.1, 0.15) is 37.0 Å². The Hall–Kier alpha value is -1.35. The van der Waals surface area contributed by atoms with Gasteiger partial charge in [-0.15, -0.1) is 0 Å². The summed E-state index contributed by atoms with van der Waals surface area (Å²) in [4.78, 5) is 11.9. The second kappa shape index (κ2) is 6.01. The fourth-order valence-corrected chi connectivity index (χ4v) is 1.81. The van der Waals surface area contributed by atoms with Crippen molar-refractivity contribution in [1.29, 1.82) is 0 Å². The van der Waals surface area contributed by atoms with Gasteiger partial charge in [-0.05, 0) is 63.4 Å². The van der Waals surface area contributed by atoms with Crippen LogP contribution in [0.3, 0.4) is 0 Å². The van der Waals surface area contributed by atoms with Crippen LogP contribution in [0.2, 0.25) is 0 Å². The van der Waals surface area contributed by atoms with E-state index in [0.717, 1.165) is 23.8 Å². The molecule has 1 N–H and O–H groups in total. The fraction of sp³-hybridized carbons (Fsp3) is 0.533. The van der Waals surface area contributed by atoms with Crippen molar-refractivity contribution in [3.05, 3.63) is 29.8 Å². The van der Waals surface area contributed by atoms with E-state index in [4.69, 9.17) is 4.74 Å². The van der Waals surface area contributed by atoms with Crippen molar-refractivity contribution in [2.75, 3.05) is 13.1 Å². The molecule has 0 saturated heterocycles. The lowest BCUT2D eigenvalue weighted by molar-refractivity contribution is 0.0991. The number of carbonyl (C=O) groups excluding carboxylic acids is 1. The number of hydrogen-bond donors (Lipinski definition) is 1.